The van der Waals surface area contributed by atoms with Gasteiger partial charge in [0.15, 0.2) is 5.75 Å². The fraction of sp³-hybridized carbons (Fsp3) is 0.0714. The van der Waals surface area contributed by atoms with Gasteiger partial charge in [0.2, 0.25) is 0 Å². The van der Waals surface area contributed by atoms with Crippen molar-refractivity contribution in [1.29, 1.82) is 0 Å². The number of hydrogen-bond donors (Lipinski definition) is 2. The Balaban J connectivity index is 2.10. The molecule has 97 valence electrons. The zero-order valence-corrected chi connectivity index (χ0v) is 10.6. The van der Waals surface area contributed by atoms with E-state index in [-0.39, 0.29) is 12.2 Å². The predicted octanol–water partition coefficient (Wildman–Crippen LogP) is 3.00. The van der Waals surface area contributed by atoms with Gasteiger partial charge in [-0.3, -0.25) is 0 Å². The lowest BCUT2D eigenvalue weighted by atomic mass is 10.1. The van der Waals surface area contributed by atoms with Crippen LogP contribution in [0.3, 0.4) is 0 Å². The highest BCUT2D eigenvalue weighted by Gasteiger charge is 2.05. The largest absolute Gasteiger partial charge is 0.486 e. The SMILES string of the molecule is Nc1cc(Cl)c[c]c1OCc1cccc(C(=O)O)c1. The first-order valence-electron chi connectivity index (χ1n) is 5.48. The summed E-state index contributed by atoms with van der Waals surface area (Å²) < 4.78 is 5.48. The quantitative estimate of drug-likeness (QED) is 0.842. The highest BCUT2D eigenvalue weighted by atomic mass is 35.5. The minimum Gasteiger partial charge on any atom is -0.486 e. The number of hydrogen-bond acceptors (Lipinski definition) is 3. The molecule has 0 heterocycles. The Kier molecular flexibility index (Phi) is 3.92. The molecule has 19 heavy (non-hydrogen) atoms. The Morgan fingerprint density at radius 1 is 1.42 bits per heavy atom. The Bertz CT molecular complexity index is 613. The molecule has 2 aromatic rings. The number of nitrogen functional groups attached to an aromatic ring is 1. The van der Waals surface area contributed by atoms with Crippen molar-refractivity contribution in [1.82, 2.24) is 0 Å². The summed E-state index contributed by atoms with van der Waals surface area (Å²) in [6.45, 7) is 0.212. The number of halogens is 1. The zero-order chi connectivity index (χ0) is 13.8. The van der Waals surface area contributed by atoms with Crippen molar-refractivity contribution in [3.63, 3.8) is 0 Å². The molecule has 0 atom stereocenters. The van der Waals surface area contributed by atoms with Gasteiger partial charge in [0.25, 0.3) is 0 Å². The van der Waals surface area contributed by atoms with Gasteiger partial charge in [-0.25, -0.2) is 4.79 Å². The van der Waals surface area contributed by atoms with E-state index in [4.69, 9.17) is 27.2 Å². The molecular formula is C14H11ClNO3. The molecule has 0 bridgehead atoms. The monoisotopic (exact) mass is 276 g/mol. The molecule has 2 aromatic carbocycles. The number of ether oxygens (including phenoxy) is 1. The average molecular weight is 277 g/mol. The lowest BCUT2D eigenvalue weighted by Crippen LogP contribution is -2.01. The van der Waals surface area contributed by atoms with Gasteiger partial charge in [0.1, 0.15) is 6.61 Å². The van der Waals surface area contributed by atoms with Gasteiger partial charge in [-0.1, -0.05) is 23.7 Å². The molecule has 0 fully saturated rings. The van der Waals surface area contributed by atoms with Crippen LogP contribution in [0.2, 0.25) is 5.02 Å². The Morgan fingerprint density at radius 3 is 2.89 bits per heavy atom. The molecule has 0 aliphatic heterocycles. The van der Waals surface area contributed by atoms with E-state index in [1.54, 1.807) is 30.3 Å². The van der Waals surface area contributed by atoms with E-state index < -0.39 is 5.97 Å². The van der Waals surface area contributed by atoms with Crippen molar-refractivity contribution in [2.75, 3.05) is 5.73 Å². The number of carbonyl (C=O) groups is 1. The van der Waals surface area contributed by atoms with Crippen molar-refractivity contribution < 1.29 is 14.6 Å². The van der Waals surface area contributed by atoms with Gasteiger partial charge in [-0.15, -0.1) is 0 Å². The van der Waals surface area contributed by atoms with Crippen molar-refractivity contribution in [2.24, 2.45) is 0 Å². The zero-order valence-electron chi connectivity index (χ0n) is 9.89. The van der Waals surface area contributed by atoms with Crippen LogP contribution in [0.15, 0.2) is 36.4 Å². The third kappa shape index (κ3) is 3.39. The molecule has 2 rings (SSSR count). The molecule has 0 saturated carbocycles. The second-order valence-corrected chi connectivity index (χ2v) is 4.33. The number of aromatic carboxylic acids is 1. The van der Waals surface area contributed by atoms with E-state index in [0.717, 1.165) is 5.56 Å². The van der Waals surface area contributed by atoms with E-state index in [2.05, 4.69) is 6.07 Å². The summed E-state index contributed by atoms with van der Waals surface area (Å²) in [6.07, 6.45) is 0. The maximum Gasteiger partial charge on any atom is 0.335 e. The highest BCUT2D eigenvalue weighted by molar-refractivity contribution is 6.30. The number of benzene rings is 2. The second kappa shape index (κ2) is 5.63. The number of rotatable bonds is 4. The minimum absolute atomic E-state index is 0.212. The van der Waals surface area contributed by atoms with E-state index >= 15 is 0 Å². The van der Waals surface area contributed by atoms with E-state index in [9.17, 15) is 4.79 Å². The van der Waals surface area contributed by atoms with Crippen LogP contribution in [0, 0.1) is 6.07 Å². The second-order valence-electron chi connectivity index (χ2n) is 3.90. The van der Waals surface area contributed by atoms with Crippen LogP contribution < -0.4 is 10.5 Å². The summed E-state index contributed by atoms with van der Waals surface area (Å²) in [4.78, 5) is 10.8. The van der Waals surface area contributed by atoms with Crippen molar-refractivity contribution in [3.05, 3.63) is 58.6 Å². The molecule has 0 aromatic heterocycles. The Morgan fingerprint density at radius 2 is 2.21 bits per heavy atom. The van der Waals surface area contributed by atoms with Crippen LogP contribution in [-0.4, -0.2) is 11.1 Å². The minimum atomic E-state index is -0.973. The Labute approximate surface area is 115 Å². The standard InChI is InChI=1S/C14H11ClNO3/c15-11-4-5-13(12(16)7-11)19-8-9-2-1-3-10(6-9)14(17)18/h1-4,6-7H,8,16H2,(H,17,18). The number of nitrogens with two attached hydrogens (primary N) is 1. The molecule has 0 aliphatic carbocycles. The van der Waals surface area contributed by atoms with Crippen molar-refractivity contribution in [3.8, 4) is 5.75 Å². The van der Waals surface area contributed by atoms with Crippen LogP contribution in [0.5, 0.6) is 5.75 Å². The van der Waals surface area contributed by atoms with Crippen LogP contribution in [0.1, 0.15) is 15.9 Å². The van der Waals surface area contributed by atoms with Crippen LogP contribution in [0.4, 0.5) is 5.69 Å². The first-order chi connectivity index (χ1) is 9.06. The number of carboxylic acids is 1. The average Bonchev–Trinajstić information content (AvgIpc) is 2.38. The third-order valence-corrected chi connectivity index (χ3v) is 2.67. The summed E-state index contributed by atoms with van der Waals surface area (Å²) >= 11 is 5.76. The lowest BCUT2D eigenvalue weighted by molar-refractivity contribution is 0.0696. The molecule has 5 heteroatoms. The highest BCUT2D eigenvalue weighted by Crippen LogP contribution is 2.25. The summed E-state index contributed by atoms with van der Waals surface area (Å²) in [7, 11) is 0. The van der Waals surface area contributed by atoms with Crippen molar-refractivity contribution in [2.45, 2.75) is 6.61 Å². The van der Waals surface area contributed by atoms with Crippen LogP contribution in [-0.2, 0) is 6.61 Å². The fourth-order valence-electron chi connectivity index (χ4n) is 1.55. The number of carboxylic acid groups (broad SMARTS) is 1. The molecule has 0 saturated heterocycles. The molecule has 0 aliphatic rings. The van der Waals surface area contributed by atoms with Crippen LogP contribution >= 0.6 is 11.6 Å². The predicted molar refractivity (Wildman–Crippen MR) is 72.4 cm³/mol. The van der Waals surface area contributed by atoms with Gasteiger partial charge in [0.05, 0.1) is 11.3 Å². The molecule has 0 amide bonds. The normalized spacial score (nSPS) is 10.2. The summed E-state index contributed by atoms with van der Waals surface area (Å²) in [5.41, 5.74) is 7.07. The first kappa shape index (κ1) is 13.2. The fourth-order valence-corrected chi connectivity index (χ4v) is 1.72. The maximum atomic E-state index is 10.8. The van der Waals surface area contributed by atoms with Crippen molar-refractivity contribution >= 4 is 23.3 Å². The third-order valence-electron chi connectivity index (χ3n) is 2.45. The summed E-state index contributed by atoms with van der Waals surface area (Å²) in [5.74, 6) is -0.579. The molecule has 0 spiro atoms. The summed E-state index contributed by atoms with van der Waals surface area (Å²) in [5, 5.41) is 9.37. The first-order valence-corrected chi connectivity index (χ1v) is 5.86. The van der Waals surface area contributed by atoms with Gasteiger partial charge in [-0.2, -0.15) is 0 Å². The topological polar surface area (TPSA) is 72.5 Å². The Hall–Kier alpha value is -2.20. The molecule has 4 nitrogen and oxygen atoms in total. The lowest BCUT2D eigenvalue weighted by Gasteiger charge is -2.09. The van der Waals surface area contributed by atoms with Gasteiger partial charge in [-0.05, 0) is 29.8 Å². The molecule has 3 N–H and O–H groups in total. The van der Waals surface area contributed by atoms with E-state index in [1.807, 2.05) is 0 Å². The van der Waals surface area contributed by atoms with Gasteiger partial charge in [0, 0.05) is 11.1 Å². The molecule has 1 radical (unpaired) electrons. The number of anilines is 1. The maximum absolute atomic E-state index is 10.8. The van der Waals surface area contributed by atoms with Gasteiger partial charge < -0.3 is 15.6 Å². The van der Waals surface area contributed by atoms with E-state index in [0.29, 0.717) is 16.5 Å². The molecular weight excluding hydrogens is 266 g/mol. The van der Waals surface area contributed by atoms with Crippen LogP contribution in [0.25, 0.3) is 0 Å². The van der Waals surface area contributed by atoms with E-state index in [1.165, 1.54) is 6.07 Å². The molecule has 0 unspecified atom stereocenters. The smallest absolute Gasteiger partial charge is 0.335 e. The van der Waals surface area contributed by atoms with Gasteiger partial charge >= 0.3 is 5.97 Å². The summed E-state index contributed by atoms with van der Waals surface area (Å²) in [6, 6.07) is 12.5.